The van der Waals surface area contributed by atoms with Crippen molar-refractivity contribution in [2.45, 2.75) is 116 Å². The zero-order chi connectivity index (χ0) is 17.0. The van der Waals surface area contributed by atoms with E-state index in [9.17, 15) is 8.42 Å². The van der Waals surface area contributed by atoms with Crippen LogP contribution in [0.3, 0.4) is 0 Å². The van der Waals surface area contributed by atoms with Crippen molar-refractivity contribution in [2.24, 2.45) is 0 Å². The Labute approximate surface area is 165 Å². The van der Waals surface area contributed by atoms with Gasteiger partial charge in [0.25, 0.3) is 11.0 Å². The van der Waals surface area contributed by atoms with E-state index in [0.29, 0.717) is 6.61 Å². The third-order valence-corrected chi connectivity index (χ3v) is 4.84. The Kier molecular flexibility index (Phi) is 26.2. The van der Waals surface area contributed by atoms with Crippen LogP contribution in [-0.4, -0.2) is 33.9 Å². The zero-order valence-electron chi connectivity index (χ0n) is 15.4. The molecule has 0 aliphatic rings. The second-order valence-corrected chi connectivity index (χ2v) is 7.42. The molecule has 3 nitrogen and oxygen atoms in total. The number of hydrogen-bond donors (Lipinski definition) is 1. The Morgan fingerprint density at radius 3 is 1.12 bits per heavy atom. The van der Waals surface area contributed by atoms with E-state index in [0.717, 1.165) is 12.8 Å². The van der Waals surface area contributed by atoms with Gasteiger partial charge in [-0.05, 0) is 6.42 Å². The second-order valence-electron chi connectivity index (χ2n) is 6.71. The van der Waals surface area contributed by atoms with Gasteiger partial charge in [-0.1, -0.05) is 110 Å². The molecule has 0 rings (SSSR count). The van der Waals surface area contributed by atoms with Crippen LogP contribution in [0.4, 0.5) is 0 Å². The molecule has 0 heterocycles. The van der Waals surface area contributed by atoms with Crippen molar-refractivity contribution in [1.29, 1.82) is 0 Å². The van der Waals surface area contributed by atoms with Crippen molar-refractivity contribution >= 4 is 29.8 Å². The summed E-state index contributed by atoms with van der Waals surface area (Å²) >= 11 is 0. The average Bonchev–Trinajstić information content (AvgIpc) is 2.53. The summed E-state index contributed by atoms with van der Waals surface area (Å²) in [4.78, 5) is 0. The Bertz CT molecular complexity index is 288. The maximum absolute atomic E-state index is 10.2. The van der Waals surface area contributed by atoms with Crippen LogP contribution in [0.5, 0.6) is 0 Å². The quantitative estimate of drug-likeness (QED) is 0.188. The molecule has 0 aliphatic carbocycles. The molecule has 0 aromatic heterocycles. The van der Waals surface area contributed by atoms with E-state index in [1.807, 2.05) is 0 Å². The minimum absolute atomic E-state index is 0. The summed E-state index contributed by atoms with van der Waals surface area (Å²) in [5.41, 5.74) is 0. The molecule has 0 bridgehead atoms. The number of unbranched alkanes of at least 4 members (excludes halogenated alkanes) is 16. The molecule has 0 fully saturated rings. The van der Waals surface area contributed by atoms with Crippen LogP contribution < -0.4 is 0 Å². The molecule has 0 unspecified atom stereocenters. The topological polar surface area (TPSA) is 43.4 Å². The summed E-state index contributed by atoms with van der Waals surface area (Å²) in [5.74, 6) is 0. The predicted octanol–water partition coefficient (Wildman–Crippen LogP) is 5.53. The van der Waals surface area contributed by atoms with Crippen LogP contribution in [0.25, 0.3) is 0 Å². The SMILES string of the molecule is CCCCCCCCCCCCCCCCCCCO[SH](=O)=O.[LiH]. The molecule has 0 saturated heterocycles. The fraction of sp³-hybridized carbons (Fsp3) is 1.00. The Balaban J connectivity index is 0. The first-order valence-corrected chi connectivity index (χ1v) is 11.1. The Hall–Kier alpha value is 0.507. The molecule has 0 N–H and O–H groups in total. The second kappa shape index (κ2) is 23.5. The molecule has 24 heavy (non-hydrogen) atoms. The van der Waals surface area contributed by atoms with Crippen LogP contribution in [0.15, 0.2) is 0 Å². The summed E-state index contributed by atoms with van der Waals surface area (Å²) in [6.45, 7) is 2.63. The summed E-state index contributed by atoms with van der Waals surface area (Å²) in [7, 11) is -2.64. The van der Waals surface area contributed by atoms with Gasteiger partial charge in [-0.2, -0.15) is 0 Å². The van der Waals surface area contributed by atoms with Gasteiger partial charge in [-0.25, -0.2) is 8.42 Å². The summed E-state index contributed by atoms with van der Waals surface area (Å²) in [6.07, 6.45) is 22.7. The molecular formula is C19H41LiO3S. The fourth-order valence-corrected chi connectivity index (χ4v) is 3.24. The molecule has 0 amide bonds. The summed E-state index contributed by atoms with van der Waals surface area (Å²) in [5, 5.41) is 0. The van der Waals surface area contributed by atoms with Gasteiger partial charge in [-0.3, -0.25) is 4.18 Å². The van der Waals surface area contributed by atoms with Gasteiger partial charge in [-0.15, -0.1) is 0 Å². The van der Waals surface area contributed by atoms with Crippen molar-refractivity contribution in [3.05, 3.63) is 0 Å². The fourth-order valence-electron chi connectivity index (χ4n) is 2.97. The molecule has 5 heteroatoms. The molecular weight excluding hydrogens is 315 g/mol. The van der Waals surface area contributed by atoms with Gasteiger partial charge in [0.05, 0.1) is 6.61 Å². The third-order valence-electron chi connectivity index (χ3n) is 4.44. The van der Waals surface area contributed by atoms with Gasteiger partial charge >= 0.3 is 18.9 Å². The first kappa shape index (κ1) is 26.7. The first-order valence-electron chi connectivity index (χ1n) is 10.0. The molecule has 0 spiro atoms. The molecule has 0 aliphatic heterocycles. The van der Waals surface area contributed by atoms with E-state index in [2.05, 4.69) is 11.1 Å². The van der Waals surface area contributed by atoms with E-state index < -0.39 is 11.0 Å². The van der Waals surface area contributed by atoms with Crippen molar-refractivity contribution in [3.63, 3.8) is 0 Å². The van der Waals surface area contributed by atoms with Gasteiger partial charge in [0.1, 0.15) is 0 Å². The Morgan fingerprint density at radius 1 is 0.542 bits per heavy atom. The molecule has 0 atom stereocenters. The van der Waals surface area contributed by atoms with Crippen LogP contribution in [0.1, 0.15) is 116 Å². The Morgan fingerprint density at radius 2 is 0.833 bits per heavy atom. The van der Waals surface area contributed by atoms with Gasteiger partial charge < -0.3 is 0 Å². The zero-order valence-corrected chi connectivity index (χ0v) is 16.3. The normalized spacial score (nSPS) is 10.9. The van der Waals surface area contributed by atoms with Gasteiger partial charge in [0.2, 0.25) is 0 Å². The number of hydrogen-bond acceptors (Lipinski definition) is 3. The number of rotatable bonds is 19. The maximum atomic E-state index is 10.2. The van der Waals surface area contributed by atoms with Gasteiger partial charge in [0.15, 0.2) is 0 Å². The van der Waals surface area contributed by atoms with Crippen molar-refractivity contribution in [2.75, 3.05) is 6.61 Å². The molecule has 142 valence electrons. The third kappa shape index (κ3) is 24.8. The van der Waals surface area contributed by atoms with E-state index in [4.69, 9.17) is 0 Å². The minimum atomic E-state index is -2.64. The van der Waals surface area contributed by atoms with Crippen LogP contribution in [-0.2, 0) is 15.2 Å². The monoisotopic (exact) mass is 356 g/mol. The average molecular weight is 357 g/mol. The van der Waals surface area contributed by atoms with E-state index in [1.54, 1.807) is 0 Å². The van der Waals surface area contributed by atoms with Gasteiger partial charge in [0, 0.05) is 0 Å². The molecule has 0 aromatic rings. The summed E-state index contributed by atoms with van der Waals surface area (Å²) < 4.78 is 24.9. The first-order chi connectivity index (χ1) is 11.3. The summed E-state index contributed by atoms with van der Waals surface area (Å²) in [6, 6.07) is 0. The van der Waals surface area contributed by atoms with E-state index >= 15 is 0 Å². The van der Waals surface area contributed by atoms with E-state index in [-0.39, 0.29) is 18.9 Å². The predicted molar refractivity (Wildman–Crippen MR) is 108 cm³/mol. The molecule has 0 saturated carbocycles. The standard InChI is InChI=1S/C19H40O3S.Li.H/c1-2-3-4-5-6-7-8-9-10-11-12-13-14-15-16-17-18-19-22-23(20)21;;/h23H,2-19H2,1H3;;. The van der Waals surface area contributed by atoms with Crippen LogP contribution in [0, 0.1) is 0 Å². The molecule has 0 radical (unpaired) electrons. The van der Waals surface area contributed by atoms with Crippen LogP contribution >= 0.6 is 0 Å². The van der Waals surface area contributed by atoms with Crippen molar-refractivity contribution in [1.82, 2.24) is 0 Å². The van der Waals surface area contributed by atoms with Crippen LogP contribution in [0.2, 0.25) is 0 Å². The molecule has 0 aromatic carbocycles. The van der Waals surface area contributed by atoms with E-state index in [1.165, 1.54) is 96.3 Å². The number of thiol groups is 1. The van der Waals surface area contributed by atoms with Crippen molar-refractivity contribution < 1.29 is 12.6 Å². The van der Waals surface area contributed by atoms with Crippen molar-refractivity contribution in [3.8, 4) is 0 Å².